The Kier molecular flexibility index (Phi) is 3.20. The number of aromatic nitrogens is 2. The van der Waals surface area contributed by atoms with E-state index >= 15 is 0 Å². The van der Waals surface area contributed by atoms with E-state index in [1.807, 2.05) is 32.0 Å². The smallest absolute Gasteiger partial charge is 0.229 e. The maximum Gasteiger partial charge on any atom is 0.229 e. The second-order valence-electron chi connectivity index (χ2n) is 4.69. The summed E-state index contributed by atoms with van der Waals surface area (Å²) in [6.45, 7) is 3.76. The Bertz CT molecular complexity index is 783. The number of aliphatic hydroxyl groups excluding tert-OH is 1. The summed E-state index contributed by atoms with van der Waals surface area (Å²) in [4.78, 5) is 8.35. The van der Waals surface area contributed by atoms with Crippen molar-refractivity contribution in [3.63, 3.8) is 0 Å². The Labute approximate surface area is 121 Å². The molecule has 0 aliphatic carbocycles. The Morgan fingerprint density at radius 2 is 2.05 bits per heavy atom. The van der Waals surface area contributed by atoms with Gasteiger partial charge in [-0.2, -0.15) is 0 Å². The number of oxazole rings is 1. The first-order valence-electron chi connectivity index (χ1n) is 6.23. The molecule has 5 heteroatoms. The largest absolute Gasteiger partial charge is 0.437 e. The average molecular weight is 289 g/mol. The number of hydrogen-bond acceptors (Lipinski definition) is 4. The van der Waals surface area contributed by atoms with E-state index in [4.69, 9.17) is 16.0 Å². The molecule has 0 aliphatic rings. The van der Waals surface area contributed by atoms with E-state index in [0.717, 1.165) is 16.6 Å². The van der Waals surface area contributed by atoms with Crippen molar-refractivity contribution in [2.24, 2.45) is 0 Å². The normalized spacial score (nSPS) is 12.8. The van der Waals surface area contributed by atoms with Gasteiger partial charge in [0.25, 0.3) is 0 Å². The van der Waals surface area contributed by atoms with Crippen molar-refractivity contribution < 1.29 is 9.52 Å². The van der Waals surface area contributed by atoms with Gasteiger partial charge in [-0.05, 0) is 42.7 Å². The van der Waals surface area contributed by atoms with Gasteiger partial charge in [-0.1, -0.05) is 23.7 Å². The Morgan fingerprint density at radius 1 is 1.25 bits per heavy atom. The molecule has 2 aromatic heterocycles. The minimum absolute atomic E-state index is 0.264. The number of nitrogens with zero attached hydrogens (tertiary/aromatic N) is 2. The molecule has 0 bridgehead atoms. The zero-order chi connectivity index (χ0) is 14.3. The molecule has 0 saturated carbocycles. The van der Waals surface area contributed by atoms with Crippen molar-refractivity contribution in [3.8, 4) is 0 Å². The van der Waals surface area contributed by atoms with Gasteiger partial charge in [-0.25, -0.2) is 9.97 Å². The molecule has 2 heterocycles. The Morgan fingerprint density at radius 3 is 2.80 bits per heavy atom. The summed E-state index contributed by atoms with van der Waals surface area (Å²) in [6.07, 6.45) is 0.601. The topological polar surface area (TPSA) is 59.2 Å². The fourth-order valence-corrected chi connectivity index (χ4v) is 2.34. The fraction of sp³-hybridized carbons (Fsp3) is 0.200. The Balaban J connectivity index is 2.10. The third kappa shape index (κ3) is 2.07. The van der Waals surface area contributed by atoms with E-state index in [1.165, 1.54) is 0 Å². The van der Waals surface area contributed by atoms with Crippen molar-refractivity contribution >= 4 is 22.7 Å². The van der Waals surface area contributed by atoms with Crippen LogP contribution in [-0.2, 0) is 0 Å². The number of benzene rings is 1. The molecule has 0 saturated heterocycles. The van der Waals surface area contributed by atoms with Gasteiger partial charge in [0.05, 0.1) is 0 Å². The predicted octanol–water partition coefficient (Wildman–Crippen LogP) is 3.57. The third-order valence-electron chi connectivity index (χ3n) is 3.35. The van der Waals surface area contributed by atoms with Gasteiger partial charge in [-0.15, -0.1) is 0 Å². The molecule has 1 N–H and O–H groups in total. The maximum atomic E-state index is 10.4. The van der Waals surface area contributed by atoms with Crippen molar-refractivity contribution in [1.82, 2.24) is 9.97 Å². The summed E-state index contributed by atoms with van der Waals surface area (Å²) in [7, 11) is 0. The van der Waals surface area contributed by atoms with E-state index in [-0.39, 0.29) is 5.89 Å². The van der Waals surface area contributed by atoms with Crippen LogP contribution in [-0.4, -0.2) is 15.1 Å². The second kappa shape index (κ2) is 4.89. The lowest BCUT2D eigenvalue weighted by Crippen LogP contribution is -2.03. The molecule has 0 spiro atoms. The highest BCUT2D eigenvalue weighted by Crippen LogP contribution is 2.29. The molecule has 102 valence electrons. The maximum absolute atomic E-state index is 10.4. The minimum Gasteiger partial charge on any atom is -0.437 e. The van der Waals surface area contributed by atoms with Crippen molar-refractivity contribution in [3.05, 3.63) is 58.2 Å². The van der Waals surface area contributed by atoms with Gasteiger partial charge >= 0.3 is 0 Å². The number of aliphatic hydroxyl groups is 1. The molecule has 20 heavy (non-hydrogen) atoms. The van der Waals surface area contributed by atoms with E-state index < -0.39 is 6.10 Å². The molecular weight excluding hydrogens is 276 g/mol. The molecule has 4 nitrogen and oxygen atoms in total. The zero-order valence-corrected chi connectivity index (χ0v) is 11.8. The summed E-state index contributed by atoms with van der Waals surface area (Å²) in [6, 6.07) is 7.40. The van der Waals surface area contributed by atoms with Gasteiger partial charge in [0, 0.05) is 6.20 Å². The van der Waals surface area contributed by atoms with Crippen molar-refractivity contribution in [1.29, 1.82) is 0 Å². The van der Waals surface area contributed by atoms with Gasteiger partial charge in [0.1, 0.15) is 10.7 Å². The SMILES string of the molecule is Cc1c(C(O)c2nc3c(C)cccc3o2)ccnc1Cl. The van der Waals surface area contributed by atoms with E-state index in [2.05, 4.69) is 9.97 Å². The molecule has 1 aromatic carbocycles. The molecular formula is C15H13ClN2O2. The van der Waals surface area contributed by atoms with Crippen LogP contribution in [0, 0.1) is 13.8 Å². The van der Waals surface area contributed by atoms with E-state index in [1.54, 1.807) is 12.3 Å². The zero-order valence-electron chi connectivity index (χ0n) is 11.1. The molecule has 1 unspecified atom stereocenters. The molecule has 3 rings (SSSR count). The average Bonchev–Trinajstić information content (AvgIpc) is 2.87. The molecule has 1 atom stereocenters. The third-order valence-corrected chi connectivity index (χ3v) is 3.73. The molecule has 3 aromatic rings. The summed E-state index contributed by atoms with van der Waals surface area (Å²) in [5, 5.41) is 10.8. The highest BCUT2D eigenvalue weighted by atomic mass is 35.5. The molecule has 0 aliphatic heterocycles. The van der Waals surface area contributed by atoms with Crippen LogP contribution in [0.25, 0.3) is 11.1 Å². The Hall–Kier alpha value is -1.91. The number of pyridine rings is 1. The standard InChI is InChI=1S/C15H13ClN2O2/c1-8-4-3-5-11-12(8)18-15(20-11)13(19)10-6-7-17-14(16)9(10)2/h3-7,13,19H,1-2H3. The van der Waals surface area contributed by atoms with Gasteiger partial charge in [-0.3, -0.25) is 0 Å². The van der Waals surface area contributed by atoms with Crippen LogP contribution in [0.4, 0.5) is 0 Å². The van der Waals surface area contributed by atoms with Crippen LogP contribution in [0.15, 0.2) is 34.9 Å². The number of hydrogen-bond donors (Lipinski definition) is 1. The fourth-order valence-electron chi connectivity index (χ4n) is 2.17. The summed E-state index contributed by atoms with van der Waals surface area (Å²) >= 11 is 5.98. The number of aryl methyl sites for hydroxylation is 1. The van der Waals surface area contributed by atoms with Crippen LogP contribution in [0.1, 0.15) is 28.7 Å². The first kappa shape index (κ1) is 13.1. The summed E-state index contributed by atoms with van der Waals surface area (Å²) < 4.78 is 5.64. The summed E-state index contributed by atoms with van der Waals surface area (Å²) in [5.41, 5.74) is 3.81. The van der Waals surface area contributed by atoms with E-state index in [9.17, 15) is 5.11 Å². The molecule has 0 radical (unpaired) electrons. The van der Waals surface area contributed by atoms with Crippen LogP contribution in [0.3, 0.4) is 0 Å². The monoisotopic (exact) mass is 288 g/mol. The second-order valence-corrected chi connectivity index (χ2v) is 5.05. The molecule has 0 fully saturated rings. The lowest BCUT2D eigenvalue weighted by molar-refractivity contribution is 0.185. The quantitative estimate of drug-likeness (QED) is 0.732. The first-order chi connectivity index (χ1) is 9.58. The van der Waals surface area contributed by atoms with Crippen molar-refractivity contribution in [2.45, 2.75) is 20.0 Å². The van der Waals surface area contributed by atoms with Gasteiger partial charge in [0.2, 0.25) is 5.89 Å². The van der Waals surface area contributed by atoms with E-state index in [0.29, 0.717) is 16.3 Å². The number of fused-ring (bicyclic) bond motifs is 1. The predicted molar refractivity (Wildman–Crippen MR) is 76.8 cm³/mol. The lowest BCUT2D eigenvalue weighted by Gasteiger charge is -2.10. The van der Waals surface area contributed by atoms with Crippen LogP contribution in [0.2, 0.25) is 5.15 Å². The van der Waals surface area contributed by atoms with Gasteiger partial charge in [0.15, 0.2) is 11.7 Å². The van der Waals surface area contributed by atoms with Gasteiger partial charge < -0.3 is 9.52 Å². The van der Waals surface area contributed by atoms with Crippen LogP contribution in [0.5, 0.6) is 0 Å². The number of halogens is 1. The molecule has 0 amide bonds. The highest BCUT2D eigenvalue weighted by molar-refractivity contribution is 6.30. The lowest BCUT2D eigenvalue weighted by atomic mass is 10.1. The van der Waals surface area contributed by atoms with Crippen molar-refractivity contribution in [2.75, 3.05) is 0 Å². The number of para-hydroxylation sites is 1. The summed E-state index contributed by atoms with van der Waals surface area (Å²) in [5.74, 6) is 0.264. The first-order valence-corrected chi connectivity index (χ1v) is 6.61. The number of rotatable bonds is 2. The highest BCUT2D eigenvalue weighted by Gasteiger charge is 2.20. The minimum atomic E-state index is -0.956. The van der Waals surface area contributed by atoms with Crippen LogP contribution < -0.4 is 0 Å². The van der Waals surface area contributed by atoms with Crippen LogP contribution >= 0.6 is 11.6 Å².